The van der Waals surface area contributed by atoms with Gasteiger partial charge in [0.15, 0.2) is 0 Å². The Morgan fingerprint density at radius 1 is 1.37 bits per heavy atom. The van der Waals surface area contributed by atoms with E-state index < -0.39 is 11.5 Å². The molecule has 2 aromatic rings. The van der Waals surface area contributed by atoms with Gasteiger partial charge in [0.2, 0.25) is 0 Å². The number of amides is 1. The average Bonchev–Trinajstić information content (AvgIpc) is 3.15. The number of benzene rings is 1. The molecule has 7 nitrogen and oxygen atoms in total. The van der Waals surface area contributed by atoms with Crippen molar-refractivity contribution in [1.82, 2.24) is 9.88 Å². The highest BCUT2D eigenvalue weighted by molar-refractivity contribution is 5.95. The maximum atomic E-state index is 13.0. The van der Waals surface area contributed by atoms with E-state index >= 15 is 0 Å². The molecule has 0 saturated heterocycles. The van der Waals surface area contributed by atoms with E-state index in [4.69, 9.17) is 9.57 Å². The lowest BCUT2D eigenvalue weighted by atomic mass is 10.1. The molecule has 0 bridgehead atoms. The van der Waals surface area contributed by atoms with Gasteiger partial charge in [0.25, 0.3) is 11.5 Å². The summed E-state index contributed by atoms with van der Waals surface area (Å²) in [7, 11) is 1.54. The fourth-order valence-corrected chi connectivity index (χ4v) is 3.02. The van der Waals surface area contributed by atoms with Gasteiger partial charge in [-0.1, -0.05) is 24.2 Å². The fraction of sp³-hybridized carbons (Fsp3) is 0.350. The molecule has 1 aromatic carbocycles. The second-order valence-electron chi connectivity index (χ2n) is 6.37. The van der Waals surface area contributed by atoms with Crippen LogP contribution >= 0.6 is 0 Å². The Morgan fingerprint density at radius 3 is 2.85 bits per heavy atom. The van der Waals surface area contributed by atoms with Crippen molar-refractivity contribution in [1.29, 1.82) is 0 Å². The van der Waals surface area contributed by atoms with Gasteiger partial charge in [-0.25, -0.2) is 0 Å². The van der Waals surface area contributed by atoms with Crippen LogP contribution in [-0.4, -0.2) is 35.9 Å². The molecule has 1 aromatic heterocycles. The van der Waals surface area contributed by atoms with Gasteiger partial charge in [-0.15, -0.1) is 0 Å². The van der Waals surface area contributed by atoms with Crippen molar-refractivity contribution in [3.63, 3.8) is 0 Å². The molecule has 0 spiro atoms. The first-order chi connectivity index (χ1) is 13.0. The summed E-state index contributed by atoms with van der Waals surface area (Å²) in [5, 5.41) is 6.77. The summed E-state index contributed by atoms with van der Waals surface area (Å²) in [6.07, 6.45) is 2.97. The van der Waals surface area contributed by atoms with Gasteiger partial charge < -0.3 is 14.9 Å². The molecular formula is C20H23N3O4. The molecule has 0 aliphatic carbocycles. The van der Waals surface area contributed by atoms with Crippen LogP contribution in [0.5, 0.6) is 5.75 Å². The zero-order valence-corrected chi connectivity index (χ0v) is 15.7. The number of hydrogen-bond acceptors (Lipinski definition) is 5. The summed E-state index contributed by atoms with van der Waals surface area (Å²) in [6, 6.07) is 8.92. The molecular weight excluding hydrogens is 346 g/mol. The van der Waals surface area contributed by atoms with Gasteiger partial charge in [-0.3, -0.25) is 14.2 Å². The van der Waals surface area contributed by atoms with Crippen molar-refractivity contribution in [2.24, 2.45) is 5.16 Å². The Hall–Kier alpha value is -3.09. The number of aryl methyl sites for hydroxylation is 1. The predicted octanol–water partition coefficient (Wildman–Crippen LogP) is 2.44. The second-order valence-corrected chi connectivity index (χ2v) is 6.37. The Bertz CT molecular complexity index is 933. The number of para-hydroxylation sites is 2. The highest BCUT2D eigenvalue weighted by atomic mass is 16.6. The van der Waals surface area contributed by atoms with Crippen molar-refractivity contribution in [3.8, 4) is 11.4 Å². The van der Waals surface area contributed by atoms with Crippen LogP contribution in [0.3, 0.4) is 0 Å². The molecule has 1 amide bonds. The maximum Gasteiger partial charge on any atom is 0.268 e. The number of carbonyl (C=O) groups excluding carboxylic acids is 1. The summed E-state index contributed by atoms with van der Waals surface area (Å²) in [4.78, 5) is 31.0. The number of rotatable bonds is 6. The molecule has 7 heteroatoms. The molecule has 2 heterocycles. The monoisotopic (exact) mass is 369 g/mol. The summed E-state index contributed by atoms with van der Waals surface area (Å²) in [5.74, 6) is 0.133. The van der Waals surface area contributed by atoms with Crippen LogP contribution < -0.4 is 15.6 Å². The van der Waals surface area contributed by atoms with E-state index in [2.05, 4.69) is 10.5 Å². The van der Waals surface area contributed by atoms with Gasteiger partial charge in [0.05, 0.1) is 25.1 Å². The molecule has 1 aliphatic rings. The van der Waals surface area contributed by atoms with E-state index in [1.807, 2.05) is 19.1 Å². The predicted molar refractivity (Wildman–Crippen MR) is 103 cm³/mol. The molecule has 0 saturated carbocycles. The molecule has 0 radical (unpaired) electrons. The number of carbonyl (C=O) groups is 1. The van der Waals surface area contributed by atoms with Crippen LogP contribution in [0.2, 0.25) is 0 Å². The van der Waals surface area contributed by atoms with Crippen LogP contribution in [-0.2, 0) is 4.84 Å². The minimum absolute atomic E-state index is 0.109. The van der Waals surface area contributed by atoms with Crippen molar-refractivity contribution in [2.75, 3.05) is 13.7 Å². The number of hydrogen-bond donors (Lipinski definition) is 1. The Morgan fingerprint density at radius 2 is 2.15 bits per heavy atom. The maximum absolute atomic E-state index is 13.0. The summed E-state index contributed by atoms with van der Waals surface area (Å²) in [5.41, 5.74) is 1.89. The van der Waals surface area contributed by atoms with Gasteiger partial charge >= 0.3 is 0 Å². The second kappa shape index (κ2) is 8.07. The molecule has 1 aliphatic heterocycles. The number of nitrogens with one attached hydrogen (secondary N) is 1. The van der Waals surface area contributed by atoms with Crippen LogP contribution in [0, 0.1) is 6.92 Å². The van der Waals surface area contributed by atoms with Crippen molar-refractivity contribution in [3.05, 3.63) is 58.0 Å². The minimum atomic E-state index is -0.421. The van der Waals surface area contributed by atoms with Crippen LogP contribution in [0.15, 0.2) is 46.5 Å². The average molecular weight is 369 g/mol. The van der Waals surface area contributed by atoms with Gasteiger partial charge in [-0.2, -0.15) is 0 Å². The van der Waals surface area contributed by atoms with E-state index in [0.717, 1.165) is 12.1 Å². The fourth-order valence-electron chi connectivity index (χ4n) is 3.02. The number of oxime groups is 1. The van der Waals surface area contributed by atoms with E-state index in [1.54, 1.807) is 38.4 Å². The van der Waals surface area contributed by atoms with E-state index in [0.29, 0.717) is 30.0 Å². The summed E-state index contributed by atoms with van der Waals surface area (Å²) < 4.78 is 6.75. The molecule has 142 valence electrons. The normalized spacial score (nSPS) is 15.8. The lowest BCUT2D eigenvalue weighted by Crippen LogP contribution is -2.37. The SMILES string of the molecule is CCC1=NOC(CNC(=O)c2c(C)ccn(-c3ccccc3OC)c2=O)C1. The molecule has 1 N–H and O–H groups in total. The highest BCUT2D eigenvalue weighted by Gasteiger charge is 2.23. The zero-order chi connectivity index (χ0) is 19.4. The number of pyridine rings is 1. The third-order valence-corrected chi connectivity index (χ3v) is 4.56. The molecule has 3 rings (SSSR count). The molecule has 0 fully saturated rings. The quantitative estimate of drug-likeness (QED) is 0.848. The summed E-state index contributed by atoms with van der Waals surface area (Å²) in [6.45, 7) is 4.05. The molecule has 1 unspecified atom stereocenters. The van der Waals surface area contributed by atoms with Crippen molar-refractivity contribution in [2.45, 2.75) is 32.8 Å². The smallest absolute Gasteiger partial charge is 0.268 e. The number of ether oxygens (including phenoxy) is 1. The van der Waals surface area contributed by atoms with Crippen LogP contribution in [0.1, 0.15) is 35.7 Å². The number of aromatic nitrogens is 1. The minimum Gasteiger partial charge on any atom is -0.495 e. The van der Waals surface area contributed by atoms with Crippen LogP contribution in [0.4, 0.5) is 0 Å². The standard InChI is InChI=1S/C20H23N3O4/c1-4-14-11-15(27-22-14)12-21-19(24)18-13(2)9-10-23(20(18)25)16-7-5-6-8-17(16)26-3/h5-10,15H,4,11-12H2,1-3H3,(H,21,24). The topological polar surface area (TPSA) is 81.9 Å². The Balaban J connectivity index is 1.83. The first-order valence-electron chi connectivity index (χ1n) is 8.90. The lowest BCUT2D eigenvalue weighted by molar-refractivity contribution is 0.0752. The number of methoxy groups -OCH3 is 1. The Kier molecular flexibility index (Phi) is 5.59. The summed E-state index contributed by atoms with van der Waals surface area (Å²) >= 11 is 0. The molecule has 27 heavy (non-hydrogen) atoms. The first kappa shape index (κ1) is 18.7. The van der Waals surface area contributed by atoms with Gasteiger partial charge in [-0.05, 0) is 37.1 Å². The van der Waals surface area contributed by atoms with Crippen LogP contribution in [0.25, 0.3) is 5.69 Å². The molecule has 1 atom stereocenters. The highest BCUT2D eigenvalue weighted by Crippen LogP contribution is 2.21. The van der Waals surface area contributed by atoms with Crippen molar-refractivity contribution < 1.29 is 14.4 Å². The third kappa shape index (κ3) is 3.86. The van der Waals surface area contributed by atoms with E-state index in [1.165, 1.54) is 4.57 Å². The largest absolute Gasteiger partial charge is 0.495 e. The van der Waals surface area contributed by atoms with Crippen molar-refractivity contribution >= 4 is 11.6 Å². The van der Waals surface area contributed by atoms with E-state index in [9.17, 15) is 9.59 Å². The van der Waals surface area contributed by atoms with Gasteiger partial charge in [0.1, 0.15) is 17.4 Å². The van der Waals surface area contributed by atoms with E-state index in [-0.39, 0.29) is 11.7 Å². The lowest BCUT2D eigenvalue weighted by Gasteiger charge is -2.14. The third-order valence-electron chi connectivity index (χ3n) is 4.56. The zero-order valence-electron chi connectivity index (χ0n) is 15.7. The number of nitrogens with zero attached hydrogens (tertiary/aromatic N) is 2. The first-order valence-corrected chi connectivity index (χ1v) is 8.90. The van der Waals surface area contributed by atoms with Gasteiger partial charge in [0, 0.05) is 12.6 Å². The Labute approximate surface area is 157 Å².